The molecule has 110 valence electrons. The number of benzene rings is 3. The number of ether oxygens (including phenoxy) is 1. The van der Waals surface area contributed by atoms with Crippen LogP contribution in [-0.4, -0.2) is 0 Å². The Kier molecular flexibility index (Phi) is 4.55. The van der Waals surface area contributed by atoms with Crippen molar-refractivity contribution in [3.05, 3.63) is 96.1 Å². The third-order valence-electron chi connectivity index (χ3n) is 3.88. The fourth-order valence-corrected chi connectivity index (χ4v) is 2.80. The lowest BCUT2D eigenvalue weighted by atomic mass is 9.88. The molecule has 0 aliphatic carbocycles. The van der Waals surface area contributed by atoms with Crippen molar-refractivity contribution < 1.29 is 4.74 Å². The van der Waals surface area contributed by atoms with Gasteiger partial charge < -0.3 is 4.74 Å². The van der Waals surface area contributed by atoms with Crippen molar-refractivity contribution in [2.45, 2.75) is 19.3 Å². The van der Waals surface area contributed by atoms with Gasteiger partial charge in [0.1, 0.15) is 11.5 Å². The summed E-state index contributed by atoms with van der Waals surface area (Å²) >= 11 is 0. The molecular weight excluding hydrogens is 268 g/mol. The summed E-state index contributed by atoms with van der Waals surface area (Å²) in [6.45, 7) is 2.22. The van der Waals surface area contributed by atoms with Crippen LogP contribution in [0.2, 0.25) is 0 Å². The Morgan fingerprint density at radius 1 is 0.727 bits per heavy atom. The second-order valence-electron chi connectivity index (χ2n) is 5.32. The first kappa shape index (κ1) is 14.4. The molecule has 0 aliphatic rings. The summed E-state index contributed by atoms with van der Waals surface area (Å²) in [5.74, 6) is 2.16. The van der Waals surface area contributed by atoms with Crippen LogP contribution in [-0.2, 0) is 0 Å². The van der Waals surface area contributed by atoms with Crippen molar-refractivity contribution in [1.82, 2.24) is 0 Å². The molecule has 22 heavy (non-hydrogen) atoms. The average molecular weight is 288 g/mol. The molecule has 0 saturated carbocycles. The highest BCUT2D eigenvalue weighted by molar-refractivity contribution is 5.44. The normalized spacial score (nSPS) is 11.9. The maximum atomic E-state index is 6.11. The molecule has 0 saturated heterocycles. The van der Waals surface area contributed by atoms with Crippen molar-refractivity contribution in [1.29, 1.82) is 0 Å². The smallest absolute Gasteiger partial charge is 0.131 e. The van der Waals surface area contributed by atoms with Crippen LogP contribution in [0.3, 0.4) is 0 Å². The molecule has 1 atom stereocenters. The lowest BCUT2D eigenvalue weighted by Crippen LogP contribution is -2.02. The summed E-state index contributed by atoms with van der Waals surface area (Å²) in [5, 5.41) is 0. The SMILES string of the molecule is CCC(c1ccccc1)c1ccccc1Oc1ccccc1. The molecule has 0 fully saturated rings. The molecule has 1 nitrogen and oxygen atoms in total. The maximum absolute atomic E-state index is 6.11. The van der Waals surface area contributed by atoms with Crippen LogP contribution in [0.25, 0.3) is 0 Å². The van der Waals surface area contributed by atoms with Crippen LogP contribution in [0.4, 0.5) is 0 Å². The summed E-state index contributed by atoms with van der Waals surface area (Å²) in [6, 6.07) is 28.9. The Hall–Kier alpha value is -2.54. The fourth-order valence-electron chi connectivity index (χ4n) is 2.80. The van der Waals surface area contributed by atoms with Crippen LogP contribution in [0, 0.1) is 0 Å². The summed E-state index contributed by atoms with van der Waals surface area (Å²) in [4.78, 5) is 0. The Morgan fingerprint density at radius 3 is 2.00 bits per heavy atom. The number of para-hydroxylation sites is 2. The predicted octanol–water partition coefficient (Wildman–Crippen LogP) is 6.02. The van der Waals surface area contributed by atoms with Gasteiger partial charge in [-0.25, -0.2) is 0 Å². The van der Waals surface area contributed by atoms with Gasteiger partial charge in [0, 0.05) is 11.5 Å². The maximum Gasteiger partial charge on any atom is 0.131 e. The Labute approximate surface area is 132 Å². The minimum atomic E-state index is 0.348. The van der Waals surface area contributed by atoms with Gasteiger partial charge in [-0.15, -0.1) is 0 Å². The van der Waals surface area contributed by atoms with Gasteiger partial charge in [-0.2, -0.15) is 0 Å². The molecule has 0 N–H and O–H groups in total. The number of hydrogen-bond acceptors (Lipinski definition) is 1. The lowest BCUT2D eigenvalue weighted by molar-refractivity contribution is 0.472. The Balaban J connectivity index is 1.96. The van der Waals surface area contributed by atoms with Gasteiger partial charge in [0.2, 0.25) is 0 Å². The largest absolute Gasteiger partial charge is 0.457 e. The molecule has 0 radical (unpaired) electrons. The van der Waals surface area contributed by atoms with E-state index in [2.05, 4.69) is 49.4 Å². The second-order valence-corrected chi connectivity index (χ2v) is 5.32. The molecule has 0 aromatic heterocycles. The van der Waals surface area contributed by atoms with Crippen molar-refractivity contribution in [2.24, 2.45) is 0 Å². The summed E-state index contributed by atoms with van der Waals surface area (Å²) in [7, 11) is 0. The standard InChI is InChI=1S/C21H20O/c1-2-19(17-11-5-3-6-12-17)20-15-9-10-16-21(20)22-18-13-7-4-8-14-18/h3-16,19H,2H2,1H3. The summed E-state index contributed by atoms with van der Waals surface area (Å²) in [5.41, 5.74) is 2.56. The first-order chi connectivity index (χ1) is 10.9. The first-order valence-electron chi connectivity index (χ1n) is 7.75. The van der Waals surface area contributed by atoms with Crippen molar-refractivity contribution in [3.8, 4) is 11.5 Å². The van der Waals surface area contributed by atoms with E-state index in [-0.39, 0.29) is 0 Å². The monoisotopic (exact) mass is 288 g/mol. The second kappa shape index (κ2) is 6.95. The van der Waals surface area contributed by atoms with Gasteiger partial charge in [0.15, 0.2) is 0 Å². The van der Waals surface area contributed by atoms with E-state index < -0.39 is 0 Å². The zero-order valence-corrected chi connectivity index (χ0v) is 12.8. The molecule has 0 amide bonds. The Morgan fingerprint density at radius 2 is 1.32 bits per heavy atom. The van der Waals surface area contributed by atoms with E-state index in [1.54, 1.807) is 0 Å². The quantitative estimate of drug-likeness (QED) is 0.557. The van der Waals surface area contributed by atoms with Gasteiger partial charge in [-0.05, 0) is 30.2 Å². The molecule has 3 aromatic rings. The third-order valence-corrected chi connectivity index (χ3v) is 3.88. The molecule has 0 aliphatic heterocycles. The molecule has 0 heterocycles. The zero-order chi connectivity index (χ0) is 15.2. The molecule has 1 heteroatoms. The number of rotatable bonds is 5. The lowest BCUT2D eigenvalue weighted by Gasteiger charge is -2.19. The molecular formula is C21H20O. The zero-order valence-electron chi connectivity index (χ0n) is 12.8. The van der Waals surface area contributed by atoms with Crippen LogP contribution in [0.1, 0.15) is 30.4 Å². The van der Waals surface area contributed by atoms with Gasteiger partial charge in [0.05, 0.1) is 0 Å². The topological polar surface area (TPSA) is 9.23 Å². The van der Waals surface area contributed by atoms with Gasteiger partial charge in [-0.1, -0.05) is 73.7 Å². The molecule has 3 rings (SSSR count). The third kappa shape index (κ3) is 3.20. The van der Waals surface area contributed by atoms with Gasteiger partial charge in [-0.3, -0.25) is 0 Å². The van der Waals surface area contributed by atoms with Crippen LogP contribution in [0.15, 0.2) is 84.9 Å². The van der Waals surface area contributed by atoms with Crippen molar-refractivity contribution >= 4 is 0 Å². The van der Waals surface area contributed by atoms with Crippen LogP contribution in [0.5, 0.6) is 11.5 Å². The Bertz CT molecular complexity index is 704. The fraction of sp³-hybridized carbons (Fsp3) is 0.143. The van der Waals surface area contributed by atoms with E-state index in [4.69, 9.17) is 4.74 Å². The van der Waals surface area contributed by atoms with E-state index in [0.717, 1.165) is 17.9 Å². The summed E-state index contributed by atoms with van der Waals surface area (Å²) in [6.07, 6.45) is 1.04. The molecule has 3 aromatic carbocycles. The van der Waals surface area contributed by atoms with E-state index in [1.165, 1.54) is 11.1 Å². The molecule has 1 unspecified atom stereocenters. The van der Waals surface area contributed by atoms with E-state index in [0.29, 0.717) is 5.92 Å². The van der Waals surface area contributed by atoms with Crippen molar-refractivity contribution in [2.75, 3.05) is 0 Å². The highest BCUT2D eigenvalue weighted by atomic mass is 16.5. The number of hydrogen-bond donors (Lipinski definition) is 0. The van der Waals surface area contributed by atoms with Crippen LogP contribution < -0.4 is 4.74 Å². The summed E-state index contributed by atoms with van der Waals surface area (Å²) < 4.78 is 6.11. The van der Waals surface area contributed by atoms with Gasteiger partial charge >= 0.3 is 0 Å². The van der Waals surface area contributed by atoms with E-state index in [1.807, 2.05) is 42.5 Å². The molecule has 0 spiro atoms. The predicted molar refractivity (Wildman–Crippen MR) is 91.5 cm³/mol. The van der Waals surface area contributed by atoms with E-state index >= 15 is 0 Å². The minimum Gasteiger partial charge on any atom is -0.457 e. The first-order valence-corrected chi connectivity index (χ1v) is 7.75. The molecule has 0 bridgehead atoms. The van der Waals surface area contributed by atoms with Crippen molar-refractivity contribution in [3.63, 3.8) is 0 Å². The highest BCUT2D eigenvalue weighted by Crippen LogP contribution is 2.36. The van der Waals surface area contributed by atoms with Crippen LogP contribution >= 0.6 is 0 Å². The minimum absolute atomic E-state index is 0.348. The van der Waals surface area contributed by atoms with E-state index in [9.17, 15) is 0 Å². The average Bonchev–Trinajstić information content (AvgIpc) is 2.59. The van der Waals surface area contributed by atoms with Gasteiger partial charge in [0.25, 0.3) is 0 Å². The highest BCUT2D eigenvalue weighted by Gasteiger charge is 2.16.